The number of nitrogens with zero attached hydrogens (tertiary/aromatic N) is 4. The van der Waals surface area contributed by atoms with Crippen molar-refractivity contribution in [3.63, 3.8) is 0 Å². The summed E-state index contributed by atoms with van der Waals surface area (Å²) in [5, 5.41) is 1.04. The first-order valence-corrected chi connectivity index (χ1v) is 16.8. The summed E-state index contributed by atoms with van der Waals surface area (Å²) in [6.45, 7) is 0. The van der Waals surface area contributed by atoms with Crippen molar-refractivity contribution in [3.8, 4) is 39.5 Å². The molecule has 2 aromatic heterocycles. The van der Waals surface area contributed by atoms with Crippen LogP contribution in [0.5, 0.6) is 0 Å². The van der Waals surface area contributed by atoms with Crippen LogP contribution >= 0.6 is 0 Å². The Labute approximate surface area is 291 Å². The van der Waals surface area contributed by atoms with E-state index in [1.165, 1.54) is 0 Å². The van der Waals surface area contributed by atoms with E-state index in [2.05, 4.69) is 185 Å². The molecule has 9 rings (SSSR count). The molecule has 4 nitrogen and oxygen atoms in total. The van der Waals surface area contributed by atoms with Gasteiger partial charge in [0.05, 0.1) is 11.2 Å². The van der Waals surface area contributed by atoms with E-state index in [0.717, 1.165) is 78.5 Å². The summed E-state index contributed by atoms with van der Waals surface area (Å²) in [6, 6.07) is 67.7. The normalized spacial score (nSPS) is 11.2. The molecule has 0 aliphatic rings. The van der Waals surface area contributed by atoms with Crippen molar-refractivity contribution in [2.24, 2.45) is 0 Å². The Morgan fingerprint density at radius 2 is 0.860 bits per heavy atom. The number of rotatable bonds is 7. The molecule has 50 heavy (non-hydrogen) atoms. The van der Waals surface area contributed by atoms with Crippen molar-refractivity contribution >= 4 is 39.0 Å². The number of benzene rings is 7. The van der Waals surface area contributed by atoms with Gasteiger partial charge in [0.15, 0.2) is 0 Å². The molecule has 0 aliphatic heterocycles. The fourth-order valence-electron chi connectivity index (χ4n) is 6.81. The van der Waals surface area contributed by atoms with Crippen LogP contribution in [0.15, 0.2) is 194 Å². The van der Waals surface area contributed by atoms with Crippen LogP contribution in [-0.2, 0) is 0 Å². The van der Waals surface area contributed by atoms with Crippen molar-refractivity contribution in [1.29, 1.82) is 0 Å². The topological polar surface area (TPSA) is 34.0 Å². The monoisotopic (exact) mass is 640 g/mol. The molecule has 0 amide bonds. The standard InChI is InChI=1S/C46H32N4/c1-5-15-35(16-6-1)43-45-44(41-23-13-14-24-42(41)47-43)48-46(50(45)39-21-11-4-12-22-39)36-27-25-33(26-28-36)34-29-31-40(32-30-34)49(37-17-7-2-8-18-37)38-19-9-3-10-20-38/h1-32H. The third kappa shape index (κ3) is 5.29. The number of fused-ring (bicyclic) bond motifs is 3. The lowest BCUT2D eigenvalue weighted by Crippen LogP contribution is -2.09. The molecule has 0 spiro atoms. The van der Waals surface area contributed by atoms with Gasteiger partial charge in [-0.2, -0.15) is 0 Å². The predicted octanol–water partition coefficient (Wildman–Crippen LogP) is 12.0. The van der Waals surface area contributed by atoms with E-state index in [1.807, 2.05) is 18.2 Å². The number of imidazole rings is 1. The van der Waals surface area contributed by atoms with Crippen LogP contribution in [0.3, 0.4) is 0 Å². The van der Waals surface area contributed by atoms with Crippen LogP contribution in [0.25, 0.3) is 61.4 Å². The van der Waals surface area contributed by atoms with Crippen molar-refractivity contribution in [2.75, 3.05) is 4.90 Å². The lowest BCUT2D eigenvalue weighted by molar-refractivity contribution is 1.10. The second kappa shape index (κ2) is 12.7. The van der Waals surface area contributed by atoms with Crippen molar-refractivity contribution in [3.05, 3.63) is 194 Å². The molecule has 0 fully saturated rings. The van der Waals surface area contributed by atoms with Gasteiger partial charge in [-0.3, -0.25) is 4.57 Å². The molecule has 0 radical (unpaired) electrons. The van der Waals surface area contributed by atoms with Gasteiger partial charge in [0.1, 0.15) is 16.9 Å². The van der Waals surface area contributed by atoms with Gasteiger partial charge < -0.3 is 4.90 Å². The number of para-hydroxylation sites is 4. The molecule has 0 unspecified atom stereocenters. The fraction of sp³-hybridized carbons (Fsp3) is 0. The van der Waals surface area contributed by atoms with E-state index in [-0.39, 0.29) is 0 Å². The SMILES string of the molecule is c1ccc(-c2nc3ccccc3c3nc(-c4ccc(-c5ccc(N(c6ccccc6)c6ccccc6)cc5)cc4)n(-c4ccccc4)c23)cc1. The highest BCUT2D eigenvalue weighted by Gasteiger charge is 2.22. The lowest BCUT2D eigenvalue weighted by atomic mass is 10.0. The van der Waals surface area contributed by atoms with Gasteiger partial charge >= 0.3 is 0 Å². The highest BCUT2D eigenvalue weighted by molar-refractivity contribution is 6.09. The first kappa shape index (κ1) is 29.4. The number of aromatic nitrogens is 3. The van der Waals surface area contributed by atoms with Gasteiger partial charge in [-0.05, 0) is 65.7 Å². The van der Waals surface area contributed by atoms with E-state index in [0.29, 0.717) is 0 Å². The molecule has 0 saturated carbocycles. The Morgan fingerprint density at radius 3 is 1.48 bits per heavy atom. The molecule has 236 valence electrons. The Hall–Kier alpha value is -6.78. The fourth-order valence-corrected chi connectivity index (χ4v) is 6.81. The molecule has 0 bridgehead atoms. The van der Waals surface area contributed by atoms with Crippen LogP contribution in [0.2, 0.25) is 0 Å². The average molecular weight is 641 g/mol. The summed E-state index contributed by atoms with van der Waals surface area (Å²) in [5.41, 5.74) is 12.6. The molecular weight excluding hydrogens is 609 g/mol. The predicted molar refractivity (Wildman–Crippen MR) is 207 cm³/mol. The van der Waals surface area contributed by atoms with Gasteiger partial charge in [-0.25, -0.2) is 9.97 Å². The Morgan fingerprint density at radius 1 is 0.380 bits per heavy atom. The van der Waals surface area contributed by atoms with Crippen molar-refractivity contribution in [2.45, 2.75) is 0 Å². The van der Waals surface area contributed by atoms with E-state index in [9.17, 15) is 0 Å². The first-order chi connectivity index (χ1) is 24.8. The maximum Gasteiger partial charge on any atom is 0.145 e. The molecule has 0 aliphatic carbocycles. The summed E-state index contributed by atoms with van der Waals surface area (Å²) in [6.07, 6.45) is 0. The number of hydrogen-bond acceptors (Lipinski definition) is 3. The quantitative estimate of drug-likeness (QED) is 0.174. The minimum atomic E-state index is 0.879. The molecule has 0 atom stereocenters. The Kier molecular flexibility index (Phi) is 7.45. The number of hydrogen-bond donors (Lipinski definition) is 0. The largest absolute Gasteiger partial charge is 0.311 e. The molecule has 4 heteroatoms. The summed E-state index contributed by atoms with van der Waals surface area (Å²) < 4.78 is 2.27. The number of pyridine rings is 1. The second-order valence-corrected chi connectivity index (χ2v) is 12.3. The summed E-state index contributed by atoms with van der Waals surface area (Å²) in [5.74, 6) is 0.879. The van der Waals surface area contributed by atoms with Crippen LogP contribution < -0.4 is 4.90 Å². The smallest absolute Gasteiger partial charge is 0.145 e. The summed E-state index contributed by atoms with van der Waals surface area (Å²) in [4.78, 5) is 12.9. The minimum Gasteiger partial charge on any atom is -0.311 e. The van der Waals surface area contributed by atoms with Gasteiger partial charge in [-0.15, -0.1) is 0 Å². The van der Waals surface area contributed by atoms with Gasteiger partial charge in [0, 0.05) is 39.3 Å². The zero-order valence-electron chi connectivity index (χ0n) is 27.3. The van der Waals surface area contributed by atoms with E-state index in [1.54, 1.807) is 0 Å². The van der Waals surface area contributed by atoms with E-state index in [4.69, 9.17) is 9.97 Å². The summed E-state index contributed by atoms with van der Waals surface area (Å²) in [7, 11) is 0. The van der Waals surface area contributed by atoms with E-state index < -0.39 is 0 Å². The highest BCUT2D eigenvalue weighted by atomic mass is 15.1. The number of anilines is 3. The van der Waals surface area contributed by atoms with Crippen molar-refractivity contribution < 1.29 is 0 Å². The third-order valence-corrected chi connectivity index (χ3v) is 9.19. The third-order valence-electron chi connectivity index (χ3n) is 9.19. The summed E-state index contributed by atoms with van der Waals surface area (Å²) >= 11 is 0. The average Bonchev–Trinajstić information content (AvgIpc) is 3.61. The van der Waals surface area contributed by atoms with Crippen LogP contribution in [0, 0.1) is 0 Å². The molecule has 9 aromatic rings. The van der Waals surface area contributed by atoms with Gasteiger partial charge in [0.2, 0.25) is 0 Å². The second-order valence-electron chi connectivity index (χ2n) is 12.3. The first-order valence-electron chi connectivity index (χ1n) is 16.8. The molecule has 0 N–H and O–H groups in total. The zero-order valence-corrected chi connectivity index (χ0v) is 27.3. The maximum absolute atomic E-state index is 5.38. The highest BCUT2D eigenvalue weighted by Crippen LogP contribution is 2.39. The maximum atomic E-state index is 5.38. The molecule has 0 saturated heterocycles. The molecular formula is C46H32N4. The van der Waals surface area contributed by atoms with Crippen molar-refractivity contribution in [1.82, 2.24) is 14.5 Å². The van der Waals surface area contributed by atoms with Crippen LogP contribution in [-0.4, -0.2) is 14.5 Å². The Balaban J connectivity index is 1.15. The van der Waals surface area contributed by atoms with Gasteiger partial charge in [-0.1, -0.05) is 140 Å². The Bertz CT molecular complexity index is 2500. The van der Waals surface area contributed by atoms with Gasteiger partial charge in [0.25, 0.3) is 0 Å². The zero-order chi connectivity index (χ0) is 33.3. The van der Waals surface area contributed by atoms with Crippen LogP contribution in [0.4, 0.5) is 17.1 Å². The van der Waals surface area contributed by atoms with Crippen LogP contribution in [0.1, 0.15) is 0 Å². The molecule has 7 aromatic carbocycles. The lowest BCUT2D eigenvalue weighted by Gasteiger charge is -2.25. The molecule has 2 heterocycles. The van der Waals surface area contributed by atoms with E-state index >= 15 is 0 Å². The minimum absolute atomic E-state index is 0.879.